The molecule has 0 radical (unpaired) electrons. The summed E-state index contributed by atoms with van der Waals surface area (Å²) in [7, 11) is 3.18. The molecule has 2 rings (SSSR count). The number of carbonyl (C=O) groups excluding carboxylic acids is 2. The monoisotopic (exact) mass is 355 g/mol. The standard InChI is InChI=1S/C20H25N3O3/c1-13(20(2,3)19(25)21-4)22-18(24)17-11-7-10-16(23-17)14-8-6-9-15(12-14)26-5/h6-13H,1-5H3,(H,21,25)(H,22,24). The lowest BCUT2D eigenvalue weighted by atomic mass is 9.84. The fourth-order valence-corrected chi connectivity index (χ4v) is 2.47. The molecule has 1 aromatic heterocycles. The summed E-state index contributed by atoms with van der Waals surface area (Å²) in [5.41, 5.74) is 1.09. The van der Waals surface area contributed by atoms with Gasteiger partial charge in [-0.25, -0.2) is 4.98 Å². The molecule has 6 nitrogen and oxygen atoms in total. The molecule has 6 heteroatoms. The van der Waals surface area contributed by atoms with Crippen LogP contribution in [0.4, 0.5) is 0 Å². The van der Waals surface area contributed by atoms with E-state index in [0.717, 1.165) is 11.3 Å². The predicted molar refractivity (Wildman–Crippen MR) is 101 cm³/mol. The van der Waals surface area contributed by atoms with Gasteiger partial charge in [0, 0.05) is 18.7 Å². The highest BCUT2D eigenvalue weighted by Gasteiger charge is 2.34. The minimum Gasteiger partial charge on any atom is -0.497 e. The molecule has 0 aliphatic heterocycles. The van der Waals surface area contributed by atoms with E-state index >= 15 is 0 Å². The van der Waals surface area contributed by atoms with Crippen LogP contribution in [0.3, 0.4) is 0 Å². The van der Waals surface area contributed by atoms with Gasteiger partial charge >= 0.3 is 0 Å². The molecule has 26 heavy (non-hydrogen) atoms. The smallest absolute Gasteiger partial charge is 0.270 e. The maximum Gasteiger partial charge on any atom is 0.270 e. The van der Waals surface area contributed by atoms with Crippen LogP contribution in [0.15, 0.2) is 42.5 Å². The average molecular weight is 355 g/mol. The molecule has 1 unspecified atom stereocenters. The van der Waals surface area contributed by atoms with Gasteiger partial charge < -0.3 is 15.4 Å². The Labute approximate surface area is 154 Å². The molecule has 0 fully saturated rings. The van der Waals surface area contributed by atoms with Gasteiger partial charge in [0.2, 0.25) is 5.91 Å². The first-order chi connectivity index (χ1) is 12.3. The first-order valence-corrected chi connectivity index (χ1v) is 8.44. The summed E-state index contributed by atoms with van der Waals surface area (Å²) in [4.78, 5) is 29.0. The number of hydrogen-bond acceptors (Lipinski definition) is 4. The number of rotatable bonds is 6. The highest BCUT2D eigenvalue weighted by Crippen LogP contribution is 2.23. The van der Waals surface area contributed by atoms with Gasteiger partial charge in [0.05, 0.1) is 18.2 Å². The summed E-state index contributed by atoms with van der Waals surface area (Å²) in [6.07, 6.45) is 0. The number of ether oxygens (including phenoxy) is 1. The van der Waals surface area contributed by atoms with Gasteiger partial charge in [-0.3, -0.25) is 9.59 Å². The van der Waals surface area contributed by atoms with Crippen molar-refractivity contribution in [3.8, 4) is 17.0 Å². The van der Waals surface area contributed by atoms with E-state index in [2.05, 4.69) is 15.6 Å². The summed E-state index contributed by atoms with van der Waals surface area (Å²) >= 11 is 0. The van der Waals surface area contributed by atoms with E-state index in [1.807, 2.05) is 30.3 Å². The van der Waals surface area contributed by atoms with Gasteiger partial charge in [-0.1, -0.05) is 18.2 Å². The lowest BCUT2D eigenvalue weighted by molar-refractivity contribution is -0.129. The quantitative estimate of drug-likeness (QED) is 0.835. The largest absolute Gasteiger partial charge is 0.497 e. The Balaban J connectivity index is 2.21. The summed E-state index contributed by atoms with van der Waals surface area (Å²) in [5.74, 6) is 0.266. The Kier molecular flexibility index (Phi) is 5.97. The van der Waals surface area contributed by atoms with Crippen molar-refractivity contribution < 1.29 is 14.3 Å². The molecule has 0 saturated heterocycles. The Morgan fingerprint density at radius 1 is 1.15 bits per heavy atom. The summed E-state index contributed by atoms with van der Waals surface area (Å²) in [5, 5.41) is 5.49. The third-order valence-corrected chi connectivity index (χ3v) is 4.59. The van der Waals surface area contributed by atoms with E-state index < -0.39 is 5.41 Å². The van der Waals surface area contributed by atoms with Crippen LogP contribution in [0.2, 0.25) is 0 Å². The molecule has 1 heterocycles. The van der Waals surface area contributed by atoms with Crippen molar-refractivity contribution in [2.24, 2.45) is 5.41 Å². The molecule has 1 aromatic carbocycles. The Bertz CT molecular complexity index is 802. The molecule has 2 aromatic rings. The van der Waals surface area contributed by atoms with Crippen LogP contribution < -0.4 is 15.4 Å². The number of hydrogen-bond donors (Lipinski definition) is 2. The number of pyridine rings is 1. The molecule has 0 aliphatic carbocycles. The Morgan fingerprint density at radius 3 is 2.50 bits per heavy atom. The summed E-state index contributed by atoms with van der Waals surface area (Å²) in [6.45, 7) is 5.38. The second kappa shape index (κ2) is 7.99. The lowest BCUT2D eigenvalue weighted by Crippen LogP contribution is -2.50. The van der Waals surface area contributed by atoms with Crippen molar-refractivity contribution in [1.82, 2.24) is 15.6 Å². The van der Waals surface area contributed by atoms with E-state index in [1.165, 1.54) is 0 Å². The fraction of sp³-hybridized carbons (Fsp3) is 0.350. The molecule has 2 amide bonds. The van der Waals surface area contributed by atoms with Crippen LogP contribution >= 0.6 is 0 Å². The van der Waals surface area contributed by atoms with Gasteiger partial charge in [0.25, 0.3) is 5.91 Å². The summed E-state index contributed by atoms with van der Waals surface area (Å²) in [6, 6.07) is 12.4. The minimum absolute atomic E-state index is 0.136. The van der Waals surface area contributed by atoms with E-state index in [1.54, 1.807) is 47.1 Å². The van der Waals surface area contributed by atoms with Gasteiger partial charge in [-0.2, -0.15) is 0 Å². The van der Waals surface area contributed by atoms with Crippen molar-refractivity contribution in [3.05, 3.63) is 48.2 Å². The van der Waals surface area contributed by atoms with Crippen molar-refractivity contribution in [1.29, 1.82) is 0 Å². The predicted octanol–water partition coefficient (Wildman–Crippen LogP) is 2.65. The van der Waals surface area contributed by atoms with Gasteiger partial charge in [0.1, 0.15) is 11.4 Å². The number of benzene rings is 1. The number of amides is 2. The third-order valence-electron chi connectivity index (χ3n) is 4.59. The molecule has 0 spiro atoms. The normalized spacial score (nSPS) is 12.2. The van der Waals surface area contributed by atoms with Crippen molar-refractivity contribution in [2.75, 3.05) is 14.2 Å². The lowest BCUT2D eigenvalue weighted by Gasteiger charge is -2.30. The fourth-order valence-electron chi connectivity index (χ4n) is 2.47. The van der Waals surface area contributed by atoms with Crippen LogP contribution in [0.5, 0.6) is 5.75 Å². The van der Waals surface area contributed by atoms with Crippen LogP contribution in [0, 0.1) is 5.41 Å². The van der Waals surface area contributed by atoms with Gasteiger partial charge in [0.15, 0.2) is 0 Å². The third kappa shape index (κ3) is 4.20. The molecular formula is C20H25N3O3. The van der Waals surface area contributed by atoms with E-state index in [0.29, 0.717) is 11.4 Å². The molecule has 0 saturated carbocycles. The zero-order valence-corrected chi connectivity index (χ0v) is 15.8. The van der Waals surface area contributed by atoms with Crippen LogP contribution in [-0.4, -0.2) is 37.0 Å². The second-order valence-corrected chi connectivity index (χ2v) is 6.64. The van der Waals surface area contributed by atoms with Crippen LogP contribution in [0.25, 0.3) is 11.3 Å². The number of methoxy groups -OCH3 is 1. The number of aromatic nitrogens is 1. The Morgan fingerprint density at radius 2 is 1.85 bits per heavy atom. The maximum atomic E-state index is 12.6. The number of nitrogens with zero attached hydrogens (tertiary/aromatic N) is 1. The highest BCUT2D eigenvalue weighted by molar-refractivity contribution is 5.93. The number of carbonyl (C=O) groups is 2. The Hall–Kier alpha value is -2.89. The molecule has 0 aliphatic rings. The zero-order chi connectivity index (χ0) is 19.3. The maximum absolute atomic E-state index is 12.6. The first-order valence-electron chi connectivity index (χ1n) is 8.44. The molecule has 138 valence electrons. The zero-order valence-electron chi connectivity index (χ0n) is 15.8. The second-order valence-electron chi connectivity index (χ2n) is 6.64. The topological polar surface area (TPSA) is 80.3 Å². The van der Waals surface area contributed by atoms with Crippen LogP contribution in [0.1, 0.15) is 31.3 Å². The summed E-state index contributed by atoms with van der Waals surface area (Å²) < 4.78 is 5.23. The number of nitrogens with one attached hydrogen (secondary N) is 2. The van der Waals surface area contributed by atoms with Crippen LogP contribution in [-0.2, 0) is 4.79 Å². The molecule has 0 bridgehead atoms. The van der Waals surface area contributed by atoms with Crippen molar-refractivity contribution in [3.63, 3.8) is 0 Å². The van der Waals surface area contributed by atoms with Gasteiger partial charge in [-0.05, 0) is 45.0 Å². The average Bonchev–Trinajstić information content (AvgIpc) is 2.67. The van der Waals surface area contributed by atoms with Gasteiger partial charge in [-0.15, -0.1) is 0 Å². The van der Waals surface area contributed by atoms with Crippen molar-refractivity contribution >= 4 is 11.8 Å². The molecule has 2 N–H and O–H groups in total. The van der Waals surface area contributed by atoms with E-state index in [-0.39, 0.29) is 17.9 Å². The molecule has 1 atom stereocenters. The van der Waals surface area contributed by atoms with E-state index in [4.69, 9.17) is 4.74 Å². The highest BCUT2D eigenvalue weighted by atomic mass is 16.5. The molecular weight excluding hydrogens is 330 g/mol. The van der Waals surface area contributed by atoms with Crippen molar-refractivity contribution in [2.45, 2.75) is 26.8 Å². The first kappa shape index (κ1) is 19.4. The van der Waals surface area contributed by atoms with E-state index in [9.17, 15) is 9.59 Å². The minimum atomic E-state index is -0.741. The SMILES string of the molecule is CNC(=O)C(C)(C)C(C)NC(=O)c1cccc(-c2cccc(OC)c2)n1.